The molecule has 8 heteroatoms. The zero-order valence-electron chi connectivity index (χ0n) is 11.6. The normalized spacial score (nSPS) is 17.2. The van der Waals surface area contributed by atoms with Crippen molar-refractivity contribution in [2.24, 2.45) is 0 Å². The molecule has 21 heavy (non-hydrogen) atoms. The van der Waals surface area contributed by atoms with E-state index in [1.165, 1.54) is 0 Å². The van der Waals surface area contributed by atoms with Crippen LogP contribution in [-0.2, 0) is 14.4 Å². The Morgan fingerprint density at radius 1 is 1.14 bits per heavy atom. The maximum Gasteiger partial charge on any atom is 0.253 e. The Kier molecular flexibility index (Phi) is 7.00. The van der Waals surface area contributed by atoms with Crippen LogP contribution in [0.1, 0.15) is 19.3 Å². The summed E-state index contributed by atoms with van der Waals surface area (Å²) in [5, 5.41) is 30.0. The van der Waals surface area contributed by atoms with Gasteiger partial charge in [0, 0.05) is 38.3 Å². The number of hydrogen-bond acceptors (Lipinski definition) is 6. The van der Waals surface area contributed by atoms with Gasteiger partial charge in [-0.15, -0.1) is 0 Å². The number of carbonyl (C=O) groups is 3. The third kappa shape index (κ3) is 5.62. The second-order valence-corrected chi connectivity index (χ2v) is 4.70. The van der Waals surface area contributed by atoms with Gasteiger partial charge >= 0.3 is 0 Å². The molecule has 0 fully saturated rings. The second kappa shape index (κ2) is 8.50. The van der Waals surface area contributed by atoms with Crippen LogP contribution in [0, 0.1) is 0 Å². The number of carbonyl (C=O) groups excluding carboxylic acids is 3. The van der Waals surface area contributed by atoms with Crippen molar-refractivity contribution < 1.29 is 29.7 Å². The molecule has 0 radical (unpaired) electrons. The van der Waals surface area contributed by atoms with Crippen LogP contribution in [-0.4, -0.2) is 69.8 Å². The van der Waals surface area contributed by atoms with Crippen LogP contribution in [0.3, 0.4) is 0 Å². The first-order valence-electron chi connectivity index (χ1n) is 6.73. The smallest absolute Gasteiger partial charge is 0.253 e. The Morgan fingerprint density at radius 2 is 1.71 bits per heavy atom. The van der Waals surface area contributed by atoms with E-state index in [0.717, 1.165) is 17.1 Å². The average Bonchev–Trinajstić information content (AvgIpc) is 2.76. The summed E-state index contributed by atoms with van der Waals surface area (Å²) in [5.41, 5.74) is 0. The van der Waals surface area contributed by atoms with E-state index in [2.05, 4.69) is 5.32 Å². The molecule has 8 nitrogen and oxygen atoms in total. The van der Waals surface area contributed by atoms with Crippen LogP contribution >= 0.6 is 0 Å². The molecule has 0 saturated heterocycles. The minimum absolute atomic E-state index is 0.00614. The van der Waals surface area contributed by atoms with Crippen molar-refractivity contribution in [2.75, 3.05) is 19.7 Å². The van der Waals surface area contributed by atoms with E-state index in [9.17, 15) is 24.6 Å². The highest BCUT2D eigenvalue weighted by atomic mass is 16.3. The van der Waals surface area contributed by atoms with Crippen molar-refractivity contribution in [1.29, 1.82) is 0 Å². The fourth-order valence-corrected chi connectivity index (χ4v) is 1.83. The van der Waals surface area contributed by atoms with E-state index in [4.69, 9.17) is 5.11 Å². The zero-order valence-corrected chi connectivity index (χ0v) is 11.6. The van der Waals surface area contributed by atoms with Gasteiger partial charge in [0.15, 0.2) is 0 Å². The van der Waals surface area contributed by atoms with E-state index in [1.54, 1.807) is 0 Å². The van der Waals surface area contributed by atoms with Crippen LogP contribution in [0.4, 0.5) is 0 Å². The van der Waals surface area contributed by atoms with Crippen molar-refractivity contribution in [2.45, 2.75) is 31.5 Å². The molecule has 0 aromatic heterocycles. The Labute approximate surface area is 122 Å². The topological polar surface area (TPSA) is 127 Å². The van der Waals surface area contributed by atoms with Gasteiger partial charge in [-0.05, 0) is 12.8 Å². The molecule has 0 aromatic rings. The fourth-order valence-electron chi connectivity index (χ4n) is 1.83. The van der Waals surface area contributed by atoms with Crippen LogP contribution in [0.2, 0.25) is 0 Å². The largest absolute Gasteiger partial charge is 0.396 e. The molecule has 0 aliphatic carbocycles. The number of aliphatic hydroxyl groups is 3. The summed E-state index contributed by atoms with van der Waals surface area (Å²) >= 11 is 0. The van der Waals surface area contributed by atoms with Gasteiger partial charge in [-0.25, -0.2) is 0 Å². The lowest BCUT2D eigenvalue weighted by Crippen LogP contribution is -2.36. The summed E-state index contributed by atoms with van der Waals surface area (Å²) in [6.45, 7) is -0.0642. The number of nitrogens with one attached hydrogen (secondary N) is 1. The summed E-state index contributed by atoms with van der Waals surface area (Å²) in [5.74, 6) is -1.22. The SMILES string of the molecule is O=C(CCN1C(=O)C=CC1=O)NCC[C@@H](O)[C@H](O)CCO. The maximum absolute atomic E-state index is 11.5. The number of hydrogen-bond donors (Lipinski definition) is 4. The molecule has 0 aromatic carbocycles. The Morgan fingerprint density at radius 3 is 2.29 bits per heavy atom. The quantitative estimate of drug-likeness (QED) is 0.362. The molecule has 4 N–H and O–H groups in total. The molecule has 0 saturated carbocycles. The summed E-state index contributed by atoms with van der Waals surface area (Å²) in [4.78, 5) is 35.0. The first-order chi connectivity index (χ1) is 9.95. The predicted octanol–water partition coefficient (Wildman–Crippen LogP) is -2.09. The summed E-state index contributed by atoms with van der Waals surface area (Å²) < 4.78 is 0. The van der Waals surface area contributed by atoms with Gasteiger partial charge in [0.2, 0.25) is 5.91 Å². The van der Waals surface area contributed by atoms with Crippen molar-refractivity contribution in [1.82, 2.24) is 10.2 Å². The van der Waals surface area contributed by atoms with Gasteiger partial charge in [-0.3, -0.25) is 19.3 Å². The number of amides is 3. The van der Waals surface area contributed by atoms with Crippen molar-refractivity contribution in [3.63, 3.8) is 0 Å². The van der Waals surface area contributed by atoms with E-state index >= 15 is 0 Å². The first kappa shape index (κ1) is 17.3. The predicted molar refractivity (Wildman–Crippen MR) is 71.8 cm³/mol. The average molecular weight is 300 g/mol. The van der Waals surface area contributed by atoms with Gasteiger partial charge in [0.1, 0.15) is 0 Å². The summed E-state index contributed by atoms with van der Waals surface area (Å²) in [6.07, 6.45) is 0.450. The van der Waals surface area contributed by atoms with Crippen LogP contribution in [0.5, 0.6) is 0 Å². The molecule has 0 spiro atoms. The third-order valence-corrected chi connectivity index (χ3v) is 3.09. The molecule has 0 unspecified atom stereocenters. The number of imide groups is 1. The summed E-state index contributed by atoms with van der Waals surface area (Å²) in [7, 11) is 0. The van der Waals surface area contributed by atoms with Gasteiger partial charge in [-0.1, -0.05) is 0 Å². The Bertz CT molecular complexity index is 405. The molecular formula is C13H20N2O6. The Hall–Kier alpha value is -1.77. The minimum atomic E-state index is -1.03. The Balaban J connectivity index is 2.17. The molecule has 2 atom stereocenters. The lowest BCUT2D eigenvalue weighted by atomic mass is 10.1. The van der Waals surface area contributed by atoms with Crippen LogP contribution < -0.4 is 5.32 Å². The molecule has 1 aliphatic rings. The van der Waals surface area contributed by atoms with E-state index in [-0.39, 0.29) is 44.9 Å². The van der Waals surface area contributed by atoms with Crippen molar-refractivity contribution in [3.05, 3.63) is 12.2 Å². The number of aliphatic hydroxyl groups excluding tert-OH is 3. The summed E-state index contributed by atoms with van der Waals surface area (Å²) in [6, 6.07) is 0. The van der Waals surface area contributed by atoms with Gasteiger partial charge in [-0.2, -0.15) is 0 Å². The number of rotatable bonds is 9. The van der Waals surface area contributed by atoms with Gasteiger partial charge in [0.25, 0.3) is 11.8 Å². The van der Waals surface area contributed by atoms with Crippen LogP contribution in [0.25, 0.3) is 0 Å². The lowest BCUT2D eigenvalue weighted by molar-refractivity contribution is -0.137. The van der Waals surface area contributed by atoms with E-state index < -0.39 is 24.0 Å². The van der Waals surface area contributed by atoms with Crippen molar-refractivity contribution in [3.8, 4) is 0 Å². The maximum atomic E-state index is 11.5. The third-order valence-electron chi connectivity index (χ3n) is 3.09. The highest BCUT2D eigenvalue weighted by Crippen LogP contribution is 2.04. The lowest BCUT2D eigenvalue weighted by Gasteiger charge is -2.17. The molecule has 1 heterocycles. The van der Waals surface area contributed by atoms with E-state index in [1.807, 2.05) is 0 Å². The fraction of sp³-hybridized carbons (Fsp3) is 0.615. The van der Waals surface area contributed by atoms with E-state index in [0.29, 0.717) is 0 Å². The number of nitrogens with zero attached hydrogens (tertiary/aromatic N) is 1. The minimum Gasteiger partial charge on any atom is -0.396 e. The molecular weight excluding hydrogens is 280 g/mol. The zero-order chi connectivity index (χ0) is 15.8. The standard InChI is InChI=1S/C13H20N2O6/c16-8-5-10(18)9(17)3-6-14-11(19)4-7-15-12(20)1-2-13(15)21/h1-2,9-10,16-18H,3-8H2,(H,14,19)/t9-,10-/m1/s1. The van der Waals surface area contributed by atoms with Gasteiger partial charge in [0.05, 0.1) is 12.2 Å². The van der Waals surface area contributed by atoms with Crippen LogP contribution in [0.15, 0.2) is 12.2 Å². The monoisotopic (exact) mass is 300 g/mol. The van der Waals surface area contributed by atoms with Crippen molar-refractivity contribution >= 4 is 17.7 Å². The molecule has 118 valence electrons. The highest BCUT2D eigenvalue weighted by molar-refractivity contribution is 6.13. The van der Waals surface area contributed by atoms with Gasteiger partial charge < -0.3 is 20.6 Å². The molecule has 0 bridgehead atoms. The second-order valence-electron chi connectivity index (χ2n) is 4.70. The molecule has 1 rings (SSSR count). The molecule has 3 amide bonds. The molecule has 1 aliphatic heterocycles. The highest BCUT2D eigenvalue weighted by Gasteiger charge is 2.23. The first-order valence-corrected chi connectivity index (χ1v) is 6.73.